The first kappa shape index (κ1) is 23.9. The van der Waals surface area contributed by atoms with Crippen molar-refractivity contribution >= 4 is 34.6 Å². The van der Waals surface area contributed by atoms with Crippen molar-refractivity contribution < 1.29 is 9.13 Å². The number of pyridine rings is 1. The maximum Gasteiger partial charge on any atom is 0.174 e. The minimum absolute atomic E-state index is 0.0770. The normalized spacial score (nSPS) is 19.8. The smallest absolute Gasteiger partial charge is 0.174 e. The molecule has 37 heavy (non-hydrogen) atoms. The second-order valence-corrected chi connectivity index (χ2v) is 10.2. The minimum Gasteiger partial charge on any atom is -0.490 e. The Balaban J connectivity index is 1.40. The van der Waals surface area contributed by atoms with Gasteiger partial charge in [-0.05, 0) is 105 Å². The van der Waals surface area contributed by atoms with Gasteiger partial charge < -0.3 is 19.5 Å². The fourth-order valence-electron chi connectivity index (χ4n) is 5.32. The molecule has 2 aromatic heterocycles. The van der Waals surface area contributed by atoms with Crippen molar-refractivity contribution in [2.24, 2.45) is 0 Å². The summed E-state index contributed by atoms with van der Waals surface area (Å²) in [6, 6.07) is 22.3. The zero-order valence-corrected chi connectivity index (χ0v) is 21.6. The van der Waals surface area contributed by atoms with Gasteiger partial charge in [0, 0.05) is 29.5 Å². The summed E-state index contributed by atoms with van der Waals surface area (Å²) < 4.78 is 22.1. The number of benzene rings is 2. The molecule has 2 fully saturated rings. The Morgan fingerprint density at radius 1 is 0.973 bits per heavy atom. The molecule has 8 heteroatoms. The lowest BCUT2D eigenvalue weighted by atomic mass is 10.0. The quantitative estimate of drug-likeness (QED) is 0.267. The highest BCUT2D eigenvalue weighted by atomic mass is 35.5. The number of nitrogens with one attached hydrogen (secondary N) is 1. The van der Waals surface area contributed by atoms with E-state index in [0.29, 0.717) is 11.2 Å². The van der Waals surface area contributed by atoms with Crippen molar-refractivity contribution in [3.8, 4) is 11.4 Å². The average Bonchev–Trinajstić information content (AvgIpc) is 3.67. The number of rotatable bonds is 6. The Hall–Kier alpha value is -3.42. The molecule has 0 radical (unpaired) electrons. The fourth-order valence-corrected chi connectivity index (χ4v) is 5.84. The number of hydrogen-bond donors (Lipinski definition) is 1. The molecule has 0 spiro atoms. The maximum absolute atomic E-state index is 13.9. The first-order valence-corrected chi connectivity index (χ1v) is 13.3. The zero-order valence-electron chi connectivity index (χ0n) is 20.1. The van der Waals surface area contributed by atoms with Crippen molar-refractivity contribution in [2.75, 3.05) is 4.90 Å². The van der Waals surface area contributed by atoms with Crippen LogP contribution < -0.4 is 15.0 Å². The number of hydrogen-bond acceptors (Lipinski definition) is 3. The van der Waals surface area contributed by atoms with Crippen LogP contribution in [0.3, 0.4) is 0 Å². The monoisotopic (exact) mass is 532 g/mol. The predicted octanol–water partition coefficient (Wildman–Crippen LogP) is 7.16. The number of anilines is 1. The van der Waals surface area contributed by atoms with Crippen molar-refractivity contribution in [3.63, 3.8) is 0 Å². The Morgan fingerprint density at radius 3 is 2.49 bits per heavy atom. The lowest BCUT2D eigenvalue weighted by Crippen LogP contribution is -2.30. The van der Waals surface area contributed by atoms with Crippen molar-refractivity contribution in [3.05, 3.63) is 107 Å². The minimum atomic E-state index is -0.448. The van der Waals surface area contributed by atoms with Crippen LogP contribution in [0.4, 0.5) is 10.1 Å². The Morgan fingerprint density at radius 2 is 1.76 bits per heavy atom. The second kappa shape index (κ2) is 10.1. The highest BCUT2D eigenvalue weighted by Gasteiger charge is 2.42. The average molecular weight is 533 g/mol. The summed E-state index contributed by atoms with van der Waals surface area (Å²) >= 11 is 12.0. The standard InChI is InChI=1S/C29H26ClFN4OS/c30-23-18-20(12-15-24(23)31)34-17-5-9-26(34)28-27(25-8-3-4-16-32-25)33-29(37)35(28)19-10-13-22(14-11-19)36-21-6-1-2-7-21/h3-5,8-18,21,27-28H,1-2,6-7H2,(H,33,37)/t27-,28+/m0/s1. The van der Waals surface area contributed by atoms with Gasteiger partial charge in [-0.1, -0.05) is 17.7 Å². The summed E-state index contributed by atoms with van der Waals surface area (Å²) in [6.45, 7) is 0. The van der Waals surface area contributed by atoms with E-state index < -0.39 is 5.82 Å². The third kappa shape index (κ3) is 4.69. The molecule has 6 rings (SSSR count). The first-order chi connectivity index (χ1) is 18.1. The van der Waals surface area contributed by atoms with E-state index in [9.17, 15) is 4.39 Å². The summed E-state index contributed by atoms with van der Waals surface area (Å²) in [5.74, 6) is 0.423. The van der Waals surface area contributed by atoms with Crippen LogP contribution in [-0.4, -0.2) is 20.8 Å². The molecule has 1 saturated heterocycles. The molecular formula is C29H26ClFN4OS. The van der Waals surface area contributed by atoms with Gasteiger partial charge >= 0.3 is 0 Å². The number of ether oxygens (including phenoxy) is 1. The molecule has 2 atom stereocenters. The molecule has 1 aliphatic carbocycles. The molecule has 3 heterocycles. The van der Waals surface area contributed by atoms with Crippen molar-refractivity contribution in [1.82, 2.24) is 14.9 Å². The van der Waals surface area contributed by atoms with E-state index in [1.807, 2.05) is 59.3 Å². The Labute approximate surface area is 225 Å². The predicted molar refractivity (Wildman–Crippen MR) is 148 cm³/mol. The van der Waals surface area contributed by atoms with E-state index in [1.54, 1.807) is 18.3 Å². The molecule has 0 bridgehead atoms. The van der Waals surface area contributed by atoms with Crippen LogP contribution in [0.15, 0.2) is 85.2 Å². The second-order valence-electron chi connectivity index (χ2n) is 9.42. The molecule has 0 unspecified atom stereocenters. The van der Waals surface area contributed by atoms with Crippen molar-refractivity contribution in [2.45, 2.75) is 43.9 Å². The third-order valence-electron chi connectivity index (χ3n) is 7.08. The summed E-state index contributed by atoms with van der Waals surface area (Å²) in [5.41, 5.74) is 3.56. The van der Waals surface area contributed by atoms with Crippen LogP contribution in [0.5, 0.6) is 5.75 Å². The van der Waals surface area contributed by atoms with Crippen LogP contribution in [0, 0.1) is 5.82 Å². The van der Waals surface area contributed by atoms with Gasteiger partial charge in [-0.25, -0.2) is 4.39 Å². The molecule has 1 saturated carbocycles. The summed E-state index contributed by atoms with van der Waals surface area (Å²) in [7, 11) is 0. The molecule has 2 aliphatic rings. The van der Waals surface area contributed by atoms with Crippen LogP contribution in [0.1, 0.15) is 49.2 Å². The summed E-state index contributed by atoms with van der Waals surface area (Å²) in [6.07, 6.45) is 8.71. The van der Waals surface area contributed by atoms with Crippen LogP contribution >= 0.6 is 23.8 Å². The third-order valence-corrected chi connectivity index (χ3v) is 7.69. The molecule has 1 N–H and O–H groups in total. The van der Waals surface area contributed by atoms with Gasteiger partial charge in [0.1, 0.15) is 17.6 Å². The first-order valence-electron chi connectivity index (χ1n) is 12.5. The van der Waals surface area contributed by atoms with E-state index in [0.717, 1.165) is 41.4 Å². The topological polar surface area (TPSA) is 42.3 Å². The van der Waals surface area contributed by atoms with Crippen LogP contribution in [-0.2, 0) is 0 Å². The van der Waals surface area contributed by atoms with Gasteiger partial charge in [0.15, 0.2) is 5.11 Å². The van der Waals surface area contributed by atoms with E-state index in [-0.39, 0.29) is 17.1 Å². The molecule has 0 amide bonds. The molecule has 1 aliphatic heterocycles. The lowest BCUT2D eigenvalue weighted by molar-refractivity contribution is 0.210. The van der Waals surface area contributed by atoms with Gasteiger partial charge in [0.2, 0.25) is 0 Å². The van der Waals surface area contributed by atoms with E-state index in [1.165, 1.54) is 18.9 Å². The van der Waals surface area contributed by atoms with E-state index in [4.69, 9.17) is 28.6 Å². The highest BCUT2D eigenvalue weighted by molar-refractivity contribution is 7.80. The Bertz CT molecular complexity index is 1410. The van der Waals surface area contributed by atoms with E-state index >= 15 is 0 Å². The van der Waals surface area contributed by atoms with E-state index in [2.05, 4.69) is 21.3 Å². The largest absolute Gasteiger partial charge is 0.490 e. The van der Waals surface area contributed by atoms with Gasteiger partial charge in [0.25, 0.3) is 0 Å². The van der Waals surface area contributed by atoms with Crippen LogP contribution in [0.25, 0.3) is 5.69 Å². The molecule has 5 nitrogen and oxygen atoms in total. The van der Waals surface area contributed by atoms with Crippen LogP contribution in [0.2, 0.25) is 5.02 Å². The van der Waals surface area contributed by atoms with Gasteiger partial charge in [-0.2, -0.15) is 0 Å². The highest BCUT2D eigenvalue weighted by Crippen LogP contribution is 2.42. The molecule has 2 aromatic carbocycles. The summed E-state index contributed by atoms with van der Waals surface area (Å²) in [4.78, 5) is 6.75. The molecule has 188 valence electrons. The van der Waals surface area contributed by atoms with Crippen molar-refractivity contribution in [1.29, 1.82) is 0 Å². The lowest BCUT2D eigenvalue weighted by Gasteiger charge is -2.29. The number of nitrogens with zero attached hydrogens (tertiary/aromatic N) is 3. The zero-order chi connectivity index (χ0) is 25.4. The fraction of sp³-hybridized carbons (Fsp3) is 0.241. The maximum atomic E-state index is 13.9. The molecule has 4 aromatic rings. The van der Waals surface area contributed by atoms with Gasteiger partial charge in [-0.3, -0.25) is 4.98 Å². The van der Waals surface area contributed by atoms with Gasteiger partial charge in [0.05, 0.1) is 22.9 Å². The Kier molecular flexibility index (Phi) is 6.57. The number of halogens is 2. The molecular weight excluding hydrogens is 507 g/mol. The number of thiocarbonyl (C=S) groups is 1. The SMILES string of the molecule is Fc1ccc(-n2cccc2[C@@H]2[C@H](c3ccccn3)NC(=S)N2c2ccc(OC3CCCC3)cc2)cc1Cl. The number of aromatic nitrogens is 2. The van der Waals surface area contributed by atoms with Gasteiger partial charge in [-0.15, -0.1) is 0 Å². The summed E-state index contributed by atoms with van der Waals surface area (Å²) in [5, 5.41) is 4.18.